The zero-order valence-electron chi connectivity index (χ0n) is 11.4. The highest BCUT2D eigenvalue weighted by atomic mass is 16.6. The van der Waals surface area contributed by atoms with Gasteiger partial charge in [-0.15, -0.1) is 0 Å². The summed E-state index contributed by atoms with van der Waals surface area (Å²) in [4.78, 5) is 24.0. The fourth-order valence-corrected chi connectivity index (χ4v) is 1.68. The van der Waals surface area contributed by atoms with Crippen molar-refractivity contribution in [3.8, 4) is 5.75 Å². The Morgan fingerprint density at radius 3 is 2.68 bits per heavy atom. The van der Waals surface area contributed by atoms with Crippen LogP contribution in [0.4, 0.5) is 5.69 Å². The van der Waals surface area contributed by atoms with Gasteiger partial charge in [-0.25, -0.2) is 0 Å². The predicted octanol–water partition coefficient (Wildman–Crippen LogP) is 2.48. The summed E-state index contributed by atoms with van der Waals surface area (Å²) in [5.74, 6) is 0.0768. The third-order valence-corrected chi connectivity index (χ3v) is 2.82. The molecule has 104 valence electrons. The molecule has 0 unspecified atom stereocenters. The zero-order valence-corrected chi connectivity index (χ0v) is 11.4. The lowest BCUT2D eigenvalue weighted by Gasteiger charge is -2.18. The van der Waals surface area contributed by atoms with Crippen molar-refractivity contribution in [3.05, 3.63) is 33.9 Å². The molecule has 0 heterocycles. The molecule has 0 aromatic heterocycles. The number of non-ortho nitro benzene ring substituents is 1. The Balaban J connectivity index is 3.05. The van der Waals surface area contributed by atoms with Crippen LogP contribution in [0.3, 0.4) is 0 Å². The second kappa shape index (κ2) is 6.72. The van der Waals surface area contributed by atoms with E-state index < -0.39 is 4.92 Å². The fraction of sp³-hybridized carbons (Fsp3) is 0.462. The number of carbonyl (C=O) groups is 1. The molecule has 1 rings (SSSR count). The molecule has 0 aliphatic heterocycles. The van der Waals surface area contributed by atoms with Crippen LogP contribution in [0.2, 0.25) is 0 Å². The van der Waals surface area contributed by atoms with Crippen LogP contribution >= 0.6 is 0 Å². The van der Waals surface area contributed by atoms with Gasteiger partial charge in [0.15, 0.2) is 0 Å². The van der Waals surface area contributed by atoms with Gasteiger partial charge in [0.05, 0.1) is 17.6 Å². The molecule has 19 heavy (non-hydrogen) atoms. The van der Waals surface area contributed by atoms with E-state index in [9.17, 15) is 14.9 Å². The van der Waals surface area contributed by atoms with Crippen molar-refractivity contribution in [2.75, 3.05) is 20.7 Å². The van der Waals surface area contributed by atoms with E-state index in [-0.39, 0.29) is 17.2 Å². The number of unbranched alkanes of at least 4 members (excludes halogenated alkanes) is 1. The molecule has 0 N–H and O–H groups in total. The van der Waals surface area contributed by atoms with Crippen LogP contribution in [0.1, 0.15) is 30.1 Å². The van der Waals surface area contributed by atoms with Crippen molar-refractivity contribution in [2.45, 2.75) is 19.8 Å². The SMILES string of the molecule is CCCCN(C)C(=O)c1cc([N+](=O)[O-])ccc1OC. The molecular weight excluding hydrogens is 248 g/mol. The molecule has 1 amide bonds. The highest BCUT2D eigenvalue weighted by Gasteiger charge is 2.20. The number of nitrogens with zero attached hydrogens (tertiary/aromatic N) is 2. The maximum atomic E-state index is 12.2. The van der Waals surface area contributed by atoms with Gasteiger partial charge in [-0.2, -0.15) is 0 Å². The van der Waals surface area contributed by atoms with Crippen molar-refractivity contribution < 1.29 is 14.5 Å². The molecule has 1 aromatic rings. The molecule has 0 bridgehead atoms. The summed E-state index contributed by atoms with van der Waals surface area (Å²) in [6.07, 6.45) is 1.86. The number of benzene rings is 1. The van der Waals surface area contributed by atoms with Crippen LogP contribution < -0.4 is 4.74 Å². The van der Waals surface area contributed by atoms with Gasteiger partial charge in [0.1, 0.15) is 5.75 Å². The molecule has 0 radical (unpaired) electrons. The van der Waals surface area contributed by atoms with Crippen molar-refractivity contribution >= 4 is 11.6 Å². The van der Waals surface area contributed by atoms with E-state index in [0.29, 0.717) is 12.3 Å². The second-order valence-electron chi connectivity index (χ2n) is 4.22. The Hall–Kier alpha value is -2.11. The molecule has 6 heteroatoms. The molecule has 0 spiro atoms. The quantitative estimate of drug-likeness (QED) is 0.585. The van der Waals surface area contributed by atoms with Gasteiger partial charge >= 0.3 is 0 Å². The van der Waals surface area contributed by atoms with Gasteiger partial charge in [-0.05, 0) is 12.5 Å². The van der Waals surface area contributed by atoms with Crippen LogP contribution in [0.25, 0.3) is 0 Å². The first kappa shape index (κ1) is 14.9. The largest absolute Gasteiger partial charge is 0.496 e. The molecule has 0 saturated heterocycles. The molecule has 6 nitrogen and oxygen atoms in total. The minimum Gasteiger partial charge on any atom is -0.496 e. The van der Waals surface area contributed by atoms with Crippen LogP contribution in [0.5, 0.6) is 5.75 Å². The van der Waals surface area contributed by atoms with Crippen molar-refractivity contribution in [2.24, 2.45) is 0 Å². The summed E-state index contributed by atoms with van der Waals surface area (Å²) >= 11 is 0. The van der Waals surface area contributed by atoms with Crippen molar-refractivity contribution in [1.82, 2.24) is 4.90 Å². The van der Waals surface area contributed by atoms with Gasteiger partial charge in [0, 0.05) is 25.7 Å². The topological polar surface area (TPSA) is 72.7 Å². The molecule has 0 aliphatic rings. The second-order valence-corrected chi connectivity index (χ2v) is 4.22. The number of nitro benzene ring substituents is 1. The first-order chi connectivity index (χ1) is 9.01. The lowest BCUT2D eigenvalue weighted by molar-refractivity contribution is -0.384. The van der Waals surface area contributed by atoms with E-state index in [2.05, 4.69) is 0 Å². The maximum absolute atomic E-state index is 12.2. The van der Waals surface area contributed by atoms with Crippen molar-refractivity contribution in [3.63, 3.8) is 0 Å². The van der Waals surface area contributed by atoms with E-state index >= 15 is 0 Å². The standard InChI is InChI=1S/C13H18N2O4/c1-4-5-8-14(2)13(16)11-9-10(15(17)18)6-7-12(11)19-3/h6-7,9H,4-5,8H2,1-3H3. The van der Waals surface area contributed by atoms with E-state index in [0.717, 1.165) is 12.8 Å². The number of rotatable bonds is 6. The number of nitro groups is 1. The highest BCUT2D eigenvalue weighted by Crippen LogP contribution is 2.25. The average Bonchev–Trinajstić information content (AvgIpc) is 2.42. The highest BCUT2D eigenvalue weighted by molar-refractivity contribution is 5.97. The first-order valence-corrected chi connectivity index (χ1v) is 6.09. The summed E-state index contributed by atoms with van der Waals surface area (Å²) in [5, 5.41) is 10.8. The summed E-state index contributed by atoms with van der Waals surface area (Å²) in [5.41, 5.74) is 0.100. The Morgan fingerprint density at radius 1 is 1.47 bits per heavy atom. The number of amides is 1. The zero-order chi connectivity index (χ0) is 14.4. The first-order valence-electron chi connectivity index (χ1n) is 6.09. The third-order valence-electron chi connectivity index (χ3n) is 2.82. The smallest absolute Gasteiger partial charge is 0.270 e. The van der Waals surface area contributed by atoms with E-state index in [4.69, 9.17) is 4.74 Å². The lowest BCUT2D eigenvalue weighted by Crippen LogP contribution is -2.28. The van der Waals surface area contributed by atoms with Gasteiger partial charge in [0.25, 0.3) is 11.6 Å². The Morgan fingerprint density at radius 2 is 2.16 bits per heavy atom. The monoisotopic (exact) mass is 266 g/mol. The average molecular weight is 266 g/mol. The van der Waals surface area contributed by atoms with Crippen LogP contribution in [0, 0.1) is 10.1 Å². The summed E-state index contributed by atoms with van der Waals surface area (Å²) in [6, 6.07) is 4.02. The maximum Gasteiger partial charge on any atom is 0.270 e. The van der Waals surface area contributed by atoms with Crippen LogP contribution in [-0.4, -0.2) is 36.4 Å². The molecule has 0 fully saturated rings. The molecule has 0 aliphatic carbocycles. The predicted molar refractivity (Wildman–Crippen MR) is 71.5 cm³/mol. The van der Waals surface area contributed by atoms with Crippen molar-refractivity contribution in [1.29, 1.82) is 0 Å². The number of hydrogen-bond acceptors (Lipinski definition) is 4. The van der Waals surface area contributed by atoms with E-state index in [1.54, 1.807) is 11.9 Å². The van der Waals surface area contributed by atoms with E-state index in [1.807, 2.05) is 6.92 Å². The Labute approximate surface area is 112 Å². The molecule has 0 atom stereocenters. The number of hydrogen-bond donors (Lipinski definition) is 0. The summed E-state index contributed by atoms with van der Waals surface area (Å²) < 4.78 is 5.09. The summed E-state index contributed by atoms with van der Waals surface area (Å²) in [6.45, 7) is 2.65. The number of ether oxygens (including phenoxy) is 1. The van der Waals surface area contributed by atoms with E-state index in [1.165, 1.54) is 25.3 Å². The van der Waals surface area contributed by atoms with Crippen LogP contribution in [-0.2, 0) is 0 Å². The van der Waals surface area contributed by atoms with Crippen LogP contribution in [0.15, 0.2) is 18.2 Å². The Kier molecular flexibility index (Phi) is 5.29. The third kappa shape index (κ3) is 3.67. The Bertz CT molecular complexity index is 474. The molecule has 1 aromatic carbocycles. The molecule has 0 saturated carbocycles. The van der Waals surface area contributed by atoms with Gasteiger partial charge in [-0.1, -0.05) is 13.3 Å². The number of carbonyl (C=O) groups excluding carboxylic acids is 1. The number of methoxy groups -OCH3 is 1. The summed E-state index contributed by atoms with van der Waals surface area (Å²) in [7, 11) is 3.11. The van der Waals surface area contributed by atoms with Gasteiger partial charge < -0.3 is 9.64 Å². The minimum atomic E-state index is -0.526. The fourth-order valence-electron chi connectivity index (χ4n) is 1.68. The lowest BCUT2D eigenvalue weighted by atomic mass is 10.1. The minimum absolute atomic E-state index is 0.118. The van der Waals surface area contributed by atoms with Gasteiger partial charge in [0.2, 0.25) is 0 Å². The molecular formula is C13H18N2O4. The van der Waals surface area contributed by atoms with Gasteiger partial charge in [-0.3, -0.25) is 14.9 Å². The normalized spacial score (nSPS) is 10.1.